The Kier molecular flexibility index (Phi) is 9.00. The lowest BCUT2D eigenvalue weighted by Crippen LogP contribution is -2.25. The molecule has 0 aromatic heterocycles. The molecule has 0 aliphatic rings. The van der Waals surface area contributed by atoms with Crippen LogP contribution in [0.15, 0.2) is 60.7 Å². The Labute approximate surface area is 215 Å². The van der Waals surface area contributed by atoms with Crippen LogP contribution in [0.3, 0.4) is 0 Å². The second-order valence-corrected chi connectivity index (χ2v) is 10.7. The smallest absolute Gasteiger partial charge is 0.389 e. The van der Waals surface area contributed by atoms with E-state index in [0.29, 0.717) is 11.1 Å². The number of halogens is 3. The van der Waals surface area contributed by atoms with Crippen LogP contribution in [-0.4, -0.2) is 29.7 Å². The highest BCUT2D eigenvalue weighted by Crippen LogP contribution is 2.35. The third-order valence-corrected chi connectivity index (χ3v) is 6.41. The minimum absolute atomic E-state index is 0.000858. The summed E-state index contributed by atoms with van der Waals surface area (Å²) in [6, 6.07) is 18.6. The summed E-state index contributed by atoms with van der Waals surface area (Å²) in [5.74, 6) is -1.93. The Morgan fingerprint density at radius 3 is 2.11 bits per heavy atom. The van der Waals surface area contributed by atoms with Crippen molar-refractivity contribution in [2.45, 2.75) is 65.0 Å². The summed E-state index contributed by atoms with van der Waals surface area (Å²) in [5, 5.41) is 13.3. The van der Waals surface area contributed by atoms with Gasteiger partial charge in [0, 0.05) is 24.4 Å². The molecule has 3 aromatic rings. The molecule has 0 saturated carbocycles. The van der Waals surface area contributed by atoms with Gasteiger partial charge in [-0.15, -0.1) is 0 Å². The summed E-state index contributed by atoms with van der Waals surface area (Å²) in [4.78, 5) is 22.9. The van der Waals surface area contributed by atoms with Crippen molar-refractivity contribution in [2.75, 3.05) is 6.54 Å². The zero-order valence-corrected chi connectivity index (χ0v) is 21.5. The van der Waals surface area contributed by atoms with Gasteiger partial charge >= 0.3 is 12.1 Å². The van der Waals surface area contributed by atoms with Gasteiger partial charge in [-0.1, -0.05) is 69.3 Å². The van der Waals surface area contributed by atoms with E-state index >= 15 is 0 Å². The number of benzene rings is 3. The second-order valence-electron chi connectivity index (χ2n) is 10.7. The lowest BCUT2D eigenvalue weighted by atomic mass is 9.85. The Hall–Kier alpha value is -3.35. The number of carbonyl (C=O) groups is 2. The first-order valence-corrected chi connectivity index (χ1v) is 12.5. The highest BCUT2D eigenvalue weighted by Gasteiger charge is 2.29. The van der Waals surface area contributed by atoms with E-state index in [9.17, 15) is 22.8 Å². The molecule has 0 bridgehead atoms. The molecular weight excluding hydrogens is 479 g/mol. The number of aryl methyl sites for hydroxylation is 1. The van der Waals surface area contributed by atoms with Crippen molar-refractivity contribution in [3.05, 3.63) is 82.9 Å². The minimum atomic E-state index is -4.28. The minimum Gasteiger partial charge on any atom is -0.481 e. The fourth-order valence-corrected chi connectivity index (χ4v) is 4.29. The van der Waals surface area contributed by atoms with Crippen molar-refractivity contribution in [1.29, 1.82) is 0 Å². The quantitative estimate of drug-likeness (QED) is 0.295. The predicted octanol–water partition coefficient (Wildman–Crippen LogP) is 7.50. The van der Waals surface area contributed by atoms with Crippen LogP contribution < -0.4 is 5.32 Å². The molecule has 3 aromatic carbocycles. The van der Waals surface area contributed by atoms with Gasteiger partial charge in [0.05, 0.1) is 6.42 Å². The highest BCUT2D eigenvalue weighted by atomic mass is 19.4. The number of hydrogen-bond acceptors (Lipinski definition) is 2. The Bertz CT molecular complexity index is 1230. The van der Waals surface area contributed by atoms with Gasteiger partial charge in [-0.05, 0) is 64.3 Å². The van der Waals surface area contributed by atoms with Crippen LogP contribution in [0.25, 0.3) is 10.8 Å². The van der Waals surface area contributed by atoms with Crippen molar-refractivity contribution in [1.82, 2.24) is 5.32 Å². The summed E-state index contributed by atoms with van der Waals surface area (Å²) < 4.78 is 39.5. The maximum Gasteiger partial charge on any atom is 0.389 e. The molecule has 1 amide bonds. The van der Waals surface area contributed by atoms with E-state index in [2.05, 4.69) is 38.2 Å². The number of amides is 1. The molecule has 198 valence electrons. The molecule has 0 aliphatic carbocycles. The maximum atomic E-state index is 13.2. The van der Waals surface area contributed by atoms with Crippen molar-refractivity contribution >= 4 is 22.6 Å². The summed E-state index contributed by atoms with van der Waals surface area (Å²) in [5.41, 5.74) is 3.27. The lowest BCUT2D eigenvalue weighted by molar-refractivity contribution is -0.137. The fourth-order valence-electron chi connectivity index (χ4n) is 4.29. The van der Waals surface area contributed by atoms with Crippen LogP contribution in [0, 0.1) is 5.41 Å². The molecule has 0 aliphatic heterocycles. The first-order chi connectivity index (χ1) is 17.3. The average molecular weight is 514 g/mol. The first-order valence-electron chi connectivity index (χ1n) is 12.5. The van der Waals surface area contributed by atoms with E-state index in [1.54, 1.807) is 24.3 Å². The largest absolute Gasteiger partial charge is 0.481 e. The molecule has 0 fully saturated rings. The van der Waals surface area contributed by atoms with Crippen LogP contribution in [0.4, 0.5) is 13.2 Å². The molecule has 7 heteroatoms. The number of fused-ring (bicyclic) bond motifs is 1. The lowest BCUT2D eigenvalue weighted by Gasteiger charge is -2.20. The third-order valence-electron chi connectivity index (χ3n) is 6.41. The topological polar surface area (TPSA) is 66.4 Å². The number of carboxylic acid groups (broad SMARTS) is 1. The zero-order chi connectivity index (χ0) is 27.2. The summed E-state index contributed by atoms with van der Waals surface area (Å²) in [6.07, 6.45) is -3.47. The van der Waals surface area contributed by atoms with Gasteiger partial charge in [0.15, 0.2) is 0 Å². The molecule has 3 rings (SSSR count). The van der Waals surface area contributed by atoms with Crippen molar-refractivity contribution < 1.29 is 27.9 Å². The van der Waals surface area contributed by atoms with Gasteiger partial charge in [0.2, 0.25) is 0 Å². The second kappa shape index (κ2) is 11.8. The van der Waals surface area contributed by atoms with E-state index in [1.165, 1.54) is 5.56 Å². The number of rotatable bonds is 10. The molecule has 0 radical (unpaired) electrons. The molecule has 0 spiro atoms. The summed E-state index contributed by atoms with van der Waals surface area (Å²) >= 11 is 0. The highest BCUT2D eigenvalue weighted by molar-refractivity contribution is 5.94. The number of carbonyl (C=O) groups excluding carboxylic acids is 1. The van der Waals surface area contributed by atoms with Gasteiger partial charge < -0.3 is 10.4 Å². The average Bonchev–Trinajstić information content (AvgIpc) is 2.81. The molecule has 2 N–H and O–H groups in total. The Balaban J connectivity index is 1.84. The third kappa shape index (κ3) is 8.92. The SMILES string of the molecule is CC(C)(C)CCc1ccc2cc(C(CCC(F)(F)F)c3ccc(C(=O)NCCC(=O)O)cc3)ccc2c1. The van der Waals surface area contributed by atoms with Gasteiger partial charge in [0.1, 0.15) is 0 Å². The monoisotopic (exact) mass is 513 g/mol. The van der Waals surface area contributed by atoms with Gasteiger partial charge in [0.25, 0.3) is 5.91 Å². The van der Waals surface area contributed by atoms with Crippen LogP contribution in [-0.2, 0) is 11.2 Å². The normalized spacial score (nSPS) is 12.9. The number of aliphatic carboxylic acids is 1. The molecule has 37 heavy (non-hydrogen) atoms. The van der Waals surface area contributed by atoms with Gasteiger partial charge in [-0.3, -0.25) is 9.59 Å². The Morgan fingerprint density at radius 1 is 0.865 bits per heavy atom. The van der Waals surface area contributed by atoms with Crippen LogP contribution in [0.1, 0.15) is 79.4 Å². The van der Waals surface area contributed by atoms with E-state index in [-0.39, 0.29) is 24.8 Å². The fraction of sp³-hybridized carbons (Fsp3) is 0.400. The molecular formula is C30H34F3NO3. The summed E-state index contributed by atoms with van der Waals surface area (Å²) in [7, 11) is 0. The van der Waals surface area contributed by atoms with Crippen molar-refractivity contribution in [3.63, 3.8) is 0 Å². The van der Waals surface area contributed by atoms with Crippen molar-refractivity contribution in [3.8, 4) is 0 Å². The molecule has 1 atom stereocenters. The van der Waals surface area contributed by atoms with E-state index in [4.69, 9.17) is 5.11 Å². The number of nitrogens with one attached hydrogen (secondary N) is 1. The van der Waals surface area contributed by atoms with Gasteiger partial charge in [-0.2, -0.15) is 13.2 Å². The Morgan fingerprint density at radius 2 is 1.49 bits per heavy atom. The van der Waals surface area contributed by atoms with Gasteiger partial charge in [-0.25, -0.2) is 0 Å². The number of alkyl halides is 3. The first kappa shape index (κ1) is 28.2. The molecule has 4 nitrogen and oxygen atoms in total. The van der Waals surface area contributed by atoms with E-state index < -0.39 is 30.4 Å². The van der Waals surface area contributed by atoms with Crippen LogP contribution in [0.5, 0.6) is 0 Å². The molecule has 1 unspecified atom stereocenters. The maximum absolute atomic E-state index is 13.2. The van der Waals surface area contributed by atoms with E-state index in [1.807, 2.05) is 24.3 Å². The van der Waals surface area contributed by atoms with Crippen molar-refractivity contribution in [2.24, 2.45) is 5.41 Å². The molecule has 0 saturated heterocycles. The standard InChI is InChI=1S/C30H34F3NO3/c1-29(2,3)15-12-20-4-5-24-19-25(11-10-23(24)18-20)26(13-16-30(31,32)33)21-6-8-22(9-7-21)28(37)34-17-14-27(35)36/h4-11,18-19,26H,12-17H2,1-3H3,(H,34,37)(H,35,36). The predicted molar refractivity (Wildman–Crippen MR) is 140 cm³/mol. The zero-order valence-electron chi connectivity index (χ0n) is 21.5. The van der Waals surface area contributed by atoms with Crippen LogP contribution in [0.2, 0.25) is 0 Å². The molecule has 0 heterocycles. The van der Waals surface area contributed by atoms with Crippen LogP contribution >= 0.6 is 0 Å². The van der Waals surface area contributed by atoms with E-state index in [0.717, 1.165) is 29.2 Å². The number of carboxylic acids is 1. The summed E-state index contributed by atoms with van der Waals surface area (Å²) in [6.45, 7) is 6.62. The number of hydrogen-bond donors (Lipinski definition) is 2.